The second kappa shape index (κ2) is 10.0. The number of sulfonamides is 1. The minimum Gasteiger partial charge on any atom is -0.493 e. The summed E-state index contributed by atoms with van der Waals surface area (Å²) in [5.74, 6) is 0.359. The number of rotatable bonds is 7. The van der Waals surface area contributed by atoms with Gasteiger partial charge in [0.2, 0.25) is 21.8 Å². The number of para-hydroxylation sites is 2. The van der Waals surface area contributed by atoms with E-state index in [9.17, 15) is 18.0 Å². The van der Waals surface area contributed by atoms with Crippen molar-refractivity contribution in [2.75, 3.05) is 44.1 Å². The Morgan fingerprint density at radius 3 is 2.35 bits per heavy atom. The lowest BCUT2D eigenvalue weighted by molar-refractivity contribution is -0.121. The summed E-state index contributed by atoms with van der Waals surface area (Å²) in [7, 11) is -0.786. The van der Waals surface area contributed by atoms with Crippen molar-refractivity contribution >= 4 is 33.2 Å². The molecule has 2 aliphatic heterocycles. The van der Waals surface area contributed by atoms with E-state index in [2.05, 4.69) is 5.32 Å². The second-order valence-electron chi connectivity index (χ2n) is 8.35. The Kier molecular flexibility index (Phi) is 7.08. The van der Waals surface area contributed by atoms with Crippen molar-refractivity contribution in [1.29, 1.82) is 0 Å². The lowest BCUT2D eigenvalue weighted by Crippen LogP contribution is -2.41. The van der Waals surface area contributed by atoms with Crippen LogP contribution in [0.5, 0.6) is 11.5 Å². The average molecular weight is 488 g/mol. The predicted molar refractivity (Wildman–Crippen MR) is 128 cm³/mol. The van der Waals surface area contributed by atoms with E-state index in [1.165, 1.54) is 30.7 Å². The first-order valence-electron chi connectivity index (χ1n) is 11.3. The monoisotopic (exact) mass is 487 g/mol. The van der Waals surface area contributed by atoms with Gasteiger partial charge in [-0.3, -0.25) is 9.59 Å². The first kappa shape index (κ1) is 24.0. The maximum Gasteiger partial charge on any atom is 0.243 e. The van der Waals surface area contributed by atoms with Crippen LogP contribution in [0.4, 0.5) is 11.4 Å². The molecular formula is C24H29N3O6S. The zero-order chi connectivity index (χ0) is 24.3. The molecule has 9 nitrogen and oxygen atoms in total. The standard InChI is InChI=1S/C24H29N3O6S/c1-32-21-10-9-18(16-22(21)33-2)34(30,31)26-14-11-17(12-15-26)24(29)25-19-6-3-4-7-20(19)27-13-5-8-23(27)28/h3-4,6-7,9-10,16-17H,5,8,11-15H2,1-2H3,(H,25,29). The summed E-state index contributed by atoms with van der Waals surface area (Å²) in [4.78, 5) is 27.0. The van der Waals surface area contributed by atoms with Gasteiger partial charge in [0, 0.05) is 38.0 Å². The largest absolute Gasteiger partial charge is 0.493 e. The summed E-state index contributed by atoms with van der Waals surface area (Å²) in [6, 6.07) is 11.8. The number of hydrogen-bond donors (Lipinski definition) is 1. The van der Waals surface area contributed by atoms with Gasteiger partial charge in [-0.25, -0.2) is 8.42 Å². The summed E-state index contributed by atoms with van der Waals surface area (Å²) >= 11 is 0. The lowest BCUT2D eigenvalue weighted by atomic mass is 9.97. The van der Waals surface area contributed by atoms with Gasteiger partial charge in [0.25, 0.3) is 0 Å². The number of ether oxygens (including phenoxy) is 2. The molecule has 0 unspecified atom stereocenters. The average Bonchev–Trinajstić information content (AvgIpc) is 3.29. The molecule has 0 bridgehead atoms. The number of nitrogens with one attached hydrogen (secondary N) is 1. The normalized spacial score (nSPS) is 17.6. The molecule has 1 N–H and O–H groups in total. The van der Waals surface area contributed by atoms with E-state index in [1.807, 2.05) is 18.2 Å². The Morgan fingerprint density at radius 1 is 1.00 bits per heavy atom. The molecule has 0 aromatic heterocycles. The van der Waals surface area contributed by atoms with Gasteiger partial charge in [-0.15, -0.1) is 0 Å². The molecule has 34 heavy (non-hydrogen) atoms. The molecule has 0 aliphatic carbocycles. The van der Waals surface area contributed by atoms with Crippen LogP contribution in [0, 0.1) is 5.92 Å². The second-order valence-corrected chi connectivity index (χ2v) is 10.3. The van der Waals surface area contributed by atoms with Gasteiger partial charge < -0.3 is 19.7 Å². The number of carbonyl (C=O) groups excluding carboxylic acids is 2. The van der Waals surface area contributed by atoms with Gasteiger partial charge in [0.1, 0.15) is 0 Å². The fraction of sp³-hybridized carbons (Fsp3) is 0.417. The molecule has 2 fully saturated rings. The van der Waals surface area contributed by atoms with Crippen LogP contribution in [0.15, 0.2) is 47.4 Å². The first-order chi connectivity index (χ1) is 16.3. The van der Waals surface area contributed by atoms with Crippen LogP contribution >= 0.6 is 0 Å². The summed E-state index contributed by atoms with van der Waals surface area (Å²) in [6.07, 6.45) is 2.12. The zero-order valence-electron chi connectivity index (χ0n) is 19.3. The van der Waals surface area contributed by atoms with Crippen molar-refractivity contribution in [3.05, 3.63) is 42.5 Å². The maximum absolute atomic E-state index is 13.1. The zero-order valence-corrected chi connectivity index (χ0v) is 20.1. The Labute approximate surface area is 199 Å². The van der Waals surface area contributed by atoms with E-state index in [1.54, 1.807) is 17.0 Å². The van der Waals surface area contributed by atoms with E-state index < -0.39 is 10.0 Å². The molecule has 0 saturated carbocycles. The van der Waals surface area contributed by atoms with Crippen LogP contribution < -0.4 is 19.7 Å². The van der Waals surface area contributed by atoms with Crippen LogP contribution in [0.2, 0.25) is 0 Å². The fourth-order valence-electron chi connectivity index (χ4n) is 4.44. The van der Waals surface area contributed by atoms with Crippen LogP contribution in [0.3, 0.4) is 0 Å². The minimum atomic E-state index is -3.73. The third kappa shape index (κ3) is 4.74. The number of anilines is 2. The van der Waals surface area contributed by atoms with Gasteiger partial charge in [-0.1, -0.05) is 12.1 Å². The molecule has 0 radical (unpaired) electrons. The smallest absolute Gasteiger partial charge is 0.243 e. The Bertz CT molecular complexity index is 1170. The summed E-state index contributed by atoms with van der Waals surface area (Å²) in [6.45, 7) is 1.11. The lowest BCUT2D eigenvalue weighted by Gasteiger charge is -2.31. The van der Waals surface area contributed by atoms with E-state index >= 15 is 0 Å². The highest BCUT2D eigenvalue weighted by Gasteiger charge is 2.33. The molecule has 10 heteroatoms. The number of piperidine rings is 1. The van der Waals surface area contributed by atoms with Crippen molar-refractivity contribution in [2.24, 2.45) is 5.92 Å². The van der Waals surface area contributed by atoms with Gasteiger partial charge in [-0.05, 0) is 43.5 Å². The van der Waals surface area contributed by atoms with Gasteiger partial charge >= 0.3 is 0 Å². The van der Waals surface area contributed by atoms with E-state index in [-0.39, 0.29) is 35.7 Å². The fourth-order valence-corrected chi connectivity index (χ4v) is 5.92. The first-order valence-corrected chi connectivity index (χ1v) is 12.7. The molecule has 2 aromatic carbocycles. The molecule has 2 heterocycles. The highest BCUT2D eigenvalue weighted by Crippen LogP contribution is 2.33. The maximum atomic E-state index is 13.1. The molecule has 2 aliphatic rings. The van der Waals surface area contributed by atoms with E-state index in [4.69, 9.17) is 9.47 Å². The van der Waals surface area contributed by atoms with Crippen molar-refractivity contribution in [2.45, 2.75) is 30.6 Å². The predicted octanol–water partition coefficient (Wildman–Crippen LogP) is 2.87. The highest BCUT2D eigenvalue weighted by molar-refractivity contribution is 7.89. The summed E-state index contributed by atoms with van der Waals surface area (Å²) in [5, 5.41) is 2.96. The van der Waals surface area contributed by atoms with Crippen molar-refractivity contribution in [3.63, 3.8) is 0 Å². The van der Waals surface area contributed by atoms with Crippen LogP contribution in [0.25, 0.3) is 0 Å². The Morgan fingerprint density at radius 2 is 1.71 bits per heavy atom. The third-order valence-corrected chi connectivity index (χ3v) is 8.24. The number of methoxy groups -OCH3 is 2. The molecule has 2 saturated heterocycles. The summed E-state index contributed by atoms with van der Waals surface area (Å²) in [5.41, 5.74) is 1.30. The number of hydrogen-bond acceptors (Lipinski definition) is 6. The number of carbonyl (C=O) groups is 2. The van der Waals surface area contributed by atoms with E-state index in [0.29, 0.717) is 48.7 Å². The topological polar surface area (TPSA) is 105 Å². The molecule has 182 valence electrons. The Balaban J connectivity index is 1.42. The molecule has 4 rings (SSSR count). The van der Waals surface area contributed by atoms with Gasteiger partial charge in [0.15, 0.2) is 11.5 Å². The SMILES string of the molecule is COc1ccc(S(=O)(=O)N2CCC(C(=O)Nc3ccccc3N3CCCC3=O)CC2)cc1OC. The quantitative estimate of drug-likeness (QED) is 0.644. The number of benzene rings is 2. The van der Waals surface area contributed by atoms with E-state index in [0.717, 1.165) is 6.42 Å². The molecule has 2 amide bonds. The minimum absolute atomic E-state index is 0.0513. The van der Waals surface area contributed by atoms with Crippen molar-refractivity contribution < 1.29 is 27.5 Å². The number of amides is 2. The molecule has 0 atom stereocenters. The van der Waals surface area contributed by atoms with Crippen molar-refractivity contribution in [3.8, 4) is 11.5 Å². The van der Waals surface area contributed by atoms with Gasteiger partial charge in [-0.2, -0.15) is 4.31 Å². The van der Waals surface area contributed by atoms with Crippen LogP contribution in [-0.2, 0) is 19.6 Å². The van der Waals surface area contributed by atoms with Crippen LogP contribution in [-0.4, -0.2) is 58.4 Å². The van der Waals surface area contributed by atoms with Crippen molar-refractivity contribution in [1.82, 2.24) is 4.31 Å². The molecule has 0 spiro atoms. The highest BCUT2D eigenvalue weighted by atomic mass is 32.2. The molecular weight excluding hydrogens is 458 g/mol. The third-order valence-electron chi connectivity index (χ3n) is 6.34. The number of nitrogens with zero attached hydrogens (tertiary/aromatic N) is 2. The molecule has 2 aromatic rings. The van der Waals surface area contributed by atoms with Gasteiger partial charge in [0.05, 0.1) is 30.5 Å². The van der Waals surface area contributed by atoms with Crippen LogP contribution in [0.1, 0.15) is 25.7 Å². The Hall–Kier alpha value is -3.11. The summed E-state index contributed by atoms with van der Waals surface area (Å²) < 4.78 is 38.1.